The summed E-state index contributed by atoms with van der Waals surface area (Å²) in [6.45, 7) is 2.60. The number of carbonyl (C=O) groups excluding carboxylic acids is 1. The highest BCUT2D eigenvalue weighted by Crippen LogP contribution is 2.27. The van der Waals surface area contributed by atoms with E-state index in [1.54, 1.807) is 24.1 Å². The normalized spacial score (nSPS) is 9.88. The maximum absolute atomic E-state index is 10.8. The van der Waals surface area contributed by atoms with Crippen LogP contribution in [0.4, 0.5) is 11.4 Å². The lowest BCUT2D eigenvalue weighted by molar-refractivity contribution is -0.116. The summed E-state index contributed by atoms with van der Waals surface area (Å²) in [4.78, 5) is 12.5. The Balaban J connectivity index is 2.88. The number of likely N-dealkylation sites (N-methyl/N-ethyl adjacent to an activating group) is 1. The van der Waals surface area contributed by atoms with Crippen LogP contribution in [0.3, 0.4) is 0 Å². The molecule has 0 aliphatic carbocycles. The molecule has 0 radical (unpaired) electrons. The minimum absolute atomic E-state index is 0.162. The van der Waals surface area contributed by atoms with Crippen molar-refractivity contribution in [3.8, 4) is 5.75 Å². The number of hydrogen-bond acceptors (Lipinski definition) is 4. The van der Waals surface area contributed by atoms with Crippen molar-refractivity contribution < 1.29 is 9.53 Å². The predicted molar refractivity (Wildman–Crippen MR) is 64.5 cm³/mol. The molecule has 16 heavy (non-hydrogen) atoms. The fourth-order valence-corrected chi connectivity index (χ4v) is 1.37. The molecule has 0 heterocycles. The SMILES string of the molecule is CCOc1cc(N(C)CC(N)=O)ccc1N. The summed E-state index contributed by atoms with van der Waals surface area (Å²) in [5.74, 6) is 0.244. The summed E-state index contributed by atoms with van der Waals surface area (Å²) in [5, 5.41) is 0. The molecule has 4 N–H and O–H groups in total. The molecule has 0 fully saturated rings. The Morgan fingerprint density at radius 2 is 2.19 bits per heavy atom. The second-order valence-corrected chi connectivity index (χ2v) is 3.48. The van der Waals surface area contributed by atoms with Crippen molar-refractivity contribution in [2.24, 2.45) is 5.73 Å². The average Bonchev–Trinajstić information content (AvgIpc) is 2.20. The summed E-state index contributed by atoms with van der Waals surface area (Å²) in [6.07, 6.45) is 0. The number of nitrogens with two attached hydrogens (primary N) is 2. The van der Waals surface area contributed by atoms with E-state index in [4.69, 9.17) is 16.2 Å². The van der Waals surface area contributed by atoms with Crippen molar-refractivity contribution >= 4 is 17.3 Å². The maximum atomic E-state index is 10.8. The van der Waals surface area contributed by atoms with E-state index < -0.39 is 0 Å². The number of amides is 1. The molecule has 1 aromatic carbocycles. The first kappa shape index (κ1) is 12.2. The van der Waals surface area contributed by atoms with E-state index in [1.807, 2.05) is 13.0 Å². The van der Waals surface area contributed by atoms with E-state index in [-0.39, 0.29) is 12.5 Å². The van der Waals surface area contributed by atoms with Crippen LogP contribution in [0.2, 0.25) is 0 Å². The molecule has 0 aliphatic rings. The molecule has 0 saturated heterocycles. The largest absolute Gasteiger partial charge is 0.492 e. The number of carbonyl (C=O) groups is 1. The molecule has 0 saturated carbocycles. The molecule has 0 aromatic heterocycles. The van der Waals surface area contributed by atoms with Gasteiger partial charge in [0.15, 0.2) is 0 Å². The molecule has 88 valence electrons. The van der Waals surface area contributed by atoms with E-state index in [0.717, 1.165) is 5.69 Å². The molecular formula is C11H17N3O2. The summed E-state index contributed by atoms with van der Waals surface area (Å²) in [6, 6.07) is 5.36. The van der Waals surface area contributed by atoms with Gasteiger partial charge in [0.25, 0.3) is 0 Å². The standard InChI is InChI=1S/C11H17N3O2/c1-3-16-10-6-8(4-5-9(10)12)14(2)7-11(13)15/h4-6H,3,7,12H2,1-2H3,(H2,13,15). The molecule has 5 heteroatoms. The predicted octanol–water partition coefficient (Wildman–Crippen LogP) is 0.589. The van der Waals surface area contributed by atoms with E-state index in [1.165, 1.54) is 0 Å². The van der Waals surface area contributed by atoms with Crippen LogP contribution in [0, 0.1) is 0 Å². The Labute approximate surface area is 95.0 Å². The van der Waals surface area contributed by atoms with Gasteiger partial charge in [0.1, 0.15) is 5.75 Å². The Hall–Kier alpha value is -1.91. The lowest BCUT2D eigenvalue weighted by atomic mass is 10.2. The molecule has 0 spiro atoms. The van der Waals surface area contributed by atoms with Gasteiger partial charge in [-0.15, -0.1) is 0 Å². The van der Waals surface area contributed by atoms with E-state index in [9.17, 15) is 4.79 Å². The fourth-order valence-electron chi connectivity index (χ4n) is 1.37. The third kappa shape index (κ3) is 3.05. The molecule has 0 aliphatic heterocycles. The monoisotopic (exact) mass is 223 g/mol. The quantitative estimate of drug-likeness (QED) is 0.716. The molecule has 1 amide bonds. The molecule has 5 nitrogen and oxygen atoms in total. The zero-order valence-electron chi connectivity index (χ0n) is 9.56. The van der Waals surface area contributed by atoms with Gasteiger partial charge in [0.2, 0.25) is 5.91 Å². The summed E-state index contributed by atoms with van der Waals surface area (Å²) in [5.41, 5.74) is 12.3. The number of primary amides is 1. The van der Waals surface area contributed by atoms with Crippen LogP contribution in [0.15, 0.2) is 18.2 Å². The highest BCUT2D eigenvalue weighted by Gasteiger charge is 2.07. The maximum Gasteiger partial charge on any atom is 0.236 e. The number of hydrogen-bond donors (Lipinski definition) is 2. The van der Waals surface area contributed by atoms with Crippen molar-refractivity contribution in [1.82, 2.24) is 0 Å². The third-order valence-corrected chi connectivity index (χ3v) is 2.13. The smallest absolute Gasteiger partial charge is 0.236 e. The van der Waals surface area contributed by atoms with Gasteiger partial charge in [0, 0.05) is 18.8 Å². The highest BCUT2D eigenvalue weighted by molar-refractivity contribution is 5.79. The van der Waals surface area contributed by atoms with Crippen LogP contribution >= 0.6 is 0 Å². The Morgan fingerprint density at radius 1 is 1.50 bits per heavy atom. The molecular weight excluding hydrogens is 206 g/mol. The van der Waals surface area contributed by atoms with Crippen molar-refractivity contribution in [2.75, 3.05) is 30.8 Å². The second kappa shape index (κ2) is 5.25. The zero-order valence-corrected chi connectivity index (χ0v) is 9.56. The minimum atomic E-state index is -0.378. The van der Waals surface area contributed by atoms with E-state index in [2.05, 4.69) is 0 Å². The van der Waals surface area contributed by atoms with Crippen molar-refractivity contribution in [3.05, 3.63) is 18.2 Å². The van der Waals surface area contributed by atoms with Gasteiger partial charge in [-0.2, -0.15) is 0 Å². The first-order valence-corrected chi connectivity index (χ1v) is 5.06. The number of nitrogen functional groups attached to an aromatic ring is 1. The van der Waals surface area contributed by atoms with Gasteiger partial charge < -0.3 is 21.1 Å². The molecule has 0 atom stereocenters. The number of benzene rings is 1. The summed E-state index contributed by atoms with van der Waals surface area (Å²) in [7, 11) is 1.78. The number of anilines is 2. The first-order chi connectivity index (χ1) is 7.54. The first-order valence-electron chi connectivity index (χ1n) is 5.06. The second-order valence-electron chi connectivity index (χ2n) is 3.48. The molecule has 0 bridgehead atoms. The van der Waals surface area contributed by atoms with Gasteiger partial charge in [0.05, 0.1) is 18.8 Å². The Bertz CT molecular complexity index is 379. The van der Waals surface area contributed by atoms with Gasteiger partial charge in [-0.1, -0.05) is 0 Å². The minimum Gasteiger partial charge on any atom is -0.492 e. The third-order valence-electron chi connectivity index (χ3n) is 2.13. The van der Waals surface area contributed by atoms with Crippen LogP contribution < -0.4 is 21.1 Å². The Kier molecular flexibility index (Phi) is 3.99. The average molecular weight is 223 g/mol. The van der Waals surface area contributed by atoms with Crippen LogP contribution in [0.25, 0.3) is 0 Å². The molecule has 0 unspecified atom stereocenters. The van der Waals surface area contributed by atoms with Crippen molar-refractivity contribution in [3.63, 3.8) is 0 Å². The lowest BCUT2D eigenvalue weighted by Gasteiger charge is -2.18. The number of ether oxygens (including phenoxy) is 1. The number of nitrogens with zero attached hydrogens (tertiary/aromatic N) is 1. The van der Waals surface area contributed by atoms with Gasteiger partial charge in [-0.05, 0) is 19.1 Å². The van der Waals surface area contributed by atoms with Crippen LogP contribution in [0.5, 0.6) is 5.75 Å². The van der Waals surface area contributed by atoms with Crippen molar-refractivity contribution in [2.45, 2.75) is 6.92 Å². The van der Waals surface area contributed by atoms with E-state index in [0.29, 0.717) is 18.0 Å². The van der Waals surface area contributed by atoms with Crippen molar-refractivity contribution in [1.29, 1.82) is 0 Å². The molecule has 1 rings (SSSR count). The van der Waals surface area contributed by atoms with Crippen LogP contribution in [0.1, 0.15) is 6.92 Å². The molecule has 1 aromatic rings. The van der Waals surface area contributed by atoms with Crippen LogP contribution in [-0.4, -0.2) is 26.1 Å². The summed E-state index contributed by atoms with van der Waals surface area (Å²) >= 11 is 0. The Morgan fingerprint density at radius 3 is 2.75 bits per heavy atom. The van der Waals surface area contributed by atoms with Crippen LogP contribution in [-0.2, 0) is 4.79 Å². The van der Waals surface area contributed by atoms with Gasteiger partial charge in [-0.25, -0.2) is 0 Å². The van der Waals surface area contributed by atoms with E-state index >= 15 is 0 Å². The van der Waals surface area contributed by atoms with Gasteiger partial charge >= 0.3 is 0 Å². The lowest BCUT2D eigenvalue weighted by Crippen LogP contribution is -2.30. The number of rotatable bonds is 5. The van der Waals surface area contributed by atoms with Gasteiger partial charge in [-0.3, -0.25) is 4.79 Å². The summed E-state index contributed by atoms with van der Waals surface area (Å²) < 4.78 is 5.36. The highest BCUT2D eigenvalue weighted by atomic mass is 16.5. The fraction of sp³-hybridized carbons (Fsp3) is 0.364. The zero-order chi connectivity index (χ0) is 12.1. The topological polar surface area (TPSA) is 81.6 Å².